The molecule has 5 heteroatoms. The molecule has 4 nitrogen and oxygen atoms in total. The Bertz CT molecular complexity index is 309. The predicted octanol–water partition coefficient (Wildman–Crippen LogP) is 1.15. The van der Waals surface area contributed by atoms with Gasteiger partial charge in [0.1, 0.15) is 0 Å². The number of amides is 1. The zero-order valence-corrected chi connectivity index (χ0v) is 12.5. The van der Waals surface area contributed by atoms with Crippen LogP contribution < -0.4 is 11.1 Å². The number of nitrogens with two attached hydrogens (primary N) is 1. The first-order valence-electron chi connectivity index (χ1n) is 6.68. The average Bonchev–Trinajstić information content (AvgIpc) is 2.36. The molecule has 0 atom stereocenters. The van der Waals surface area contributed by atoms with Gasteiger partial charge in [0.25, 0.3) is 0 Å². The summed E-state index contributed by atoms with van der Waals surface area (Å²) in [7, 11) is 0. The number of thiocarbonyl (C=S) groups is 1. The van der Waals surface area contributed by atoms with Crippen LogP contribution >= 0.6 is 12.2 Å². The summed E-state index contributed by atoms with van der Waals surface area (Å²) in [5.74, 6) is 0.520. The number of nitrogens with one attached hydrogen (secondary N) is 1. The molecule has 0 spiro atoms. The Morgan fingerprint density at radius 3 is 2.44 bits per heavy atom. The van der Waals surface area contributed by atoms with Gasteiger partial charge in [0.15, 0.2) is 0 Å². The molecule has 0 aromatic rings. The number of rotatable bonds is 5. The molecule has 0 radical (unpaired) electrons. The van der Waals surface area contributed by atoms with Crippen LogP contribution in [0.4, 0.5) is 0 Å². The summed E-state index contributed by atoms with van der Waals surface area (Å²) in [5.41, 5.74) is 4.83. The van der Waals surface area contributed by atoms with Crippen molar-refractivity contribution in [2.24, 2.45) is 17.1 Å². The fraction of sp³-hybridized carbons (Fsp3) is 0.846. The first kappa shape index (κ1) is 15.4. The molecule has 1 rings (SSSR count). The molecule has 0 aliphatic carbocycles. The number of piperidine rings is 1. The van der Waals surface area contributed by atoms with E-state index >= 15 is 0 Å². The summed E-state index contributed by atoms with van der Waals surface area (Å²) >= 11 is 4.92. The van der Waals surface area contributed by atoms with Gasteiger partial charge in [-0.15, -0.1) is 0 Å². The van der Waals surface area contributed by atoms with Crippen molar-refractivity contribution in [1.82, 2.24) is 10.2 Å². The Labute approximate surface area is 115 Å². The lowest BCUT2D eigenvalue weighted by Gasteiger charge is -2.32. The number of nitrogens with zero attached hydrogens (tertiary/aromatic N) is 1. The third kappa shape index (κ3) is 3.92. The molecule has 1 fully saturated rings. The lowest BCUT2D eigenvalue weighted by Crippen LogP contribution is -2.47. The standard InChI is InChI=1S/C13H25N3OS/c1-4-16-7-5-10(6-8-16)9-15-12(17)13(2,3)11(14)18/h10H,4-9H2,1-3H3,(H2,14,18)(H,15,17). The molecule has 1 saturated heterocycles. The van der Waals surface area contributed by atoms with Crippen molar-refractivity contribution in [3.8, 4) is 0 Å². The van der Waals surface area contributed by atoms with Crippen LogP contribution in [0.1, 0.15) is 33.6 Å². The largest absolute Gasteiger partial charge is 0.392 e. The summed E-state index contributed by atoms with van der Waals surface area (Å²) < 4.78 is 0. The zero-order chi connectivity index (χ0) is 13.8. The fourth-order valence-corrected chi connectivity index (χ4v) is 2.17. The number of carbonyl (C=O) groups is 1. The highest BCUT2D eigenvalue weighted by Crippen LogP contribution is 2.18. The smallest absolute Gasteiger partial charge is 0.232 e. The quantitative estimate of drug-likeness (QED) is 0.736. The van der Waals surface area contributed by atoms with E-state index in [1.807, 2.05) is 0 Å². The van der Waals surface area contributed by atoms with Gasteiger partial charge in [-0.25, -0.2) is 0 Å². The van der Waals surface area contributed by atoms with Gasteiger partial charge >= 0.3 is 0 Å². The Kier molecular flexibility index (Phi) is 5.53. The molecule has 18 heavy (non-hydrogen) atoms. The van der Waals surface area contributed by atoms with Gasteiger partial charge in [-0.05, 0) is 52.2 Å². The van der Waals surface area contributed by atoms with Gasteiger partial charge in [0.05, 0.1) is 10.4 Å². The normalized spacial score (nSPS) is 18.6. The summed E-state index contributed by atoms with van der Waals surface area (Å²) in [5, 5.41) is 2.98. The third-order valence-corrected chi connectivity index (χ3v) is 4.40. The molecular weight excluding hydrogens is 246 g/mol. The second kappa shape index (κ2) is 6.48. The number of hydrogen-bond donors (Lipinski definition) is 2. The van der Waals surface area contributed by atoms with Gasteiger partial charge in [0.2, 0.25) is 5.91 Å². The molecule has 1 amide bonds. The maximum absolute atomic E-state index is 12.0. The van der Waals surface area contributed by atoms with E-state index in [2.05, 4.69) is 17.1 Å². The van der Waals surface area contributed by atoms with E-state index in [1.165, 1.54) is 0 Å². The molecule has 0 bridgehead atoms. The highest BCUT2D eigenvalue weighted by molar-refractivity contribution is 7.80. The minimum Gasteiger partial charge on any atom is -0.392 e. The lowest BCUT2D eigenvalue weighted by atomic mass is 9.91. The maximum Gasteiger partial charge on any atom is 0.232 e. The molecule has 0 aromatic heterocycles. The van der Waals surface area contributed by atoms with Gasteiger partial charge in [-0.2, -0.15) is 0 Å². The van der Waals surface area contributed by atoms with Gasteiger partial charge in [-0.1, -0.05) is 19.1 Å². The van der Waals surface area contributed by atoms with Gasteiger partial charge in [0, 0.05) is 6.54 Å². The summed E-state index contributed by atoms with van der Waals surface area (Å²) in [6.07, 6.45) is 2.31. The highest BCUT2D eigenvalue weighted by atomic mass is 32.1. The molecule has 0 unspecified atom stereocenters. The summed E-state index contributed by atoms with van der Waals surface area (Å²) in [6.45, 7) is 9.85. The number of likely N-dealkylation sites (tertiary alicyclic amines) is 1. The minimum absolute atomic E-state index is 0.0621. The Morgan fingerprint density at radius 2 is 2.00 bits per heavy atom. The molecule has 1 heterocycles. The van der Waals surface area contributed by atoms with Gasteiger partial charge < -0.3 is 16.0 Å². The molecule has 0 saturated carbocycles. The molecule has 1 aliphatic heterocycles. The van der Waals surface area contributed by atoms with Crippen molar-refractivity contribution in [2.75, 3.05) is 26.2 Å². The second-order valence-corrected chi connectivity index (χ2v) is 6.02. The lowest BCUT2D eigenvalue weighted by molar-refractivity contribution is -0.126. The van der Waals surface area contributed by atoms with Crippen LogP contribution in [0.5, 0.6) is 0 Å². The van der Waals surface area contributed by atoms with Crippen LogP contribution in [0.2, 0.25) is 0 Å². The van der Waals surface area contributed by atoms with E-state index in [-0.39, 0.29) is 10.9 Å². The maximum atomic E-state index is 12.0. The van der Waals surface area contributed by atoms with Crippen molar-refractivity contribution in [2.45, 2.75) is 33.6 Å². The molecular formula is C13H25N3OS. The van der Waals surface area contributed by atoms with Crippen molar-refractivity contribution in [1.29, 1.82) is 0 Å². The minimum atomic E-state index is -0.751. The van der Waals surface area contributed by atoms with E-state index in [0.717, 1.165) is 39.0 Å². The Morgan fingerprint density at radius 1 is 1.44 bits per heavy atom. The Balaban J connectivity index is 2.34. The summed E-state index contributed by atoms with van der Waals surface area (Å²) in [4.78, 5) is 14.7. The van der Waals surface area contributed by atoms with E-state index in [1.54, 1.807) is 13.8 Å². The Hall–Kier alpha value is -0.680. The monoisotopic (exact) mass is 271 g/mol. The van der Waals surface area contributed by atoms with E-state index in [4.69, 9.17) is 18.0 Å². The van der Waals surface area contributed by atoms with Crippen LogP contribution in [0, 0.1) is 11.3 Å². The summed E-state index contributed by atoms with van der Waals surface area (Å²) in [6, 6.07) is 0. The molecule has 1 aliphatic rings. The van der Waals surface area contributed by atoms with E-state index < -0.39 is 5.41 Å². The molecule has 0 aromatic carbocycles. The van der Waals surface area contributed by atoms with Crippen molar-refractivity contribution in [3.63, 3.8) is 0 Å². The topological polar surface area (TPSA) is 58.4 Å². The molecule has 3 N–H and O–H groups in total. The molecule has 104 valence electrons. The van der Waals surface area contributed by atoms with Crippen LogP contribution in [-0.2, 0) is 4.79 Å². The van der Waals surface area contributed by atoms with Gasteiger partial charge in [-0.3, -0.25) is 4.79 Å². The van der Waals surface area contributed by atoms with Crippen molar-refractivity contribution in [3.05, 3.63) is 0 Å². The SMILES string of the molecule is CCN1CCC(CNC(=O)C(C)(C)C(N)=S)CC1. The van der Waals surface area contributed by atoms with Crippen molar-refractivity contribution < 1.29 is 4.79 Å². The van der Waals surface area contributed by atoms with Crippen LogP contribution in [0.15, 0.2) is 0 Å². The first-order valence-corrected chi connectivity index (χ1v) is 7.09. The fourth-order valence-electron chi connectivity index (χ4n) is 2.08. The number of hydrogen-bond acceptors (Lipinski definition) is 3. The first-order chi connectivity index (χ1) is 8.37. The predicted molar refractivity (Wildman–Crippen MR) is 78.4 cm³/mol. The van der Waals surface area contributed by atoms with Crippen molar-refractivity contribution >= 4 is 23.1 Å². The van der Waals surface area contributed by atoms with E-state index in [0.29, 0.717) is 5.92 Å². The third-order valence-electron chi connectivity index (χ3n) is 3.89. The highest BCUT2D eigenvalue weighted by Gasteiger charge is 2.31. The van der Waals surface area contributed by atoms with E-state index in [9.17, 15) is 4.79 Å². The van der Waals surface area contributed by atoms with Crippen LogP contribution in [0.3, 0.4) is 0 Å². The zero-order valence-electron chi connectivity index (χ0n) is 11.7. The number of carbonyl (C=O) groups excluding carboxylic acids is 1. The second-order valence-electron chi connectivity index (χ2n) is 5.58. The average molecular weight is 271 g/mol. The van der Waals surface area contributed by atoms with Crippen LogP contribution in [-0.4, -0.2) is 42.0 Å². The van der Waals surface area contributed by atoms with Crippen LogP contribution in [0.25, 0.3) is 0 Å².